The summed E-state index contributed by atoms with van der Waals surface area (Å²) in [7, 11) is 1.63. The molecule has 0 spiro atoms. The van der Waals surface area contributed by atoms with E-state index in [-0.39, 0.29) is 11.7 Å². The second-order valence-electron chi connectivity index (χ2n) is 4.13. The number of ether oxygens (including phenoxy) is 1. The lowest BCUT2D eigenvalue weighted by molar-refractivity contribution is -0.120. The van der Waals surface area contributed by atoms with Crippen molar-refractivity contribution >= 4 is 17.4 Å². The van der Waals surface area contributed by atoms with E-state index in [0.29, 0.717) is 11.4 Å². The molecule has 0 saturated heterocycles. The standard InChI is InChI=1S/C13H17ClO2/c1-8(10(3)15)5-11-7-12(14)9(2)6-13(11)16-4/h6-8H,5H2,1-4H3. The highest BCUT2D eigenvalue weighted by molar-refractivity contribution is 6.31. The number of ketones is 1. The number of hydrogen-bond donors (Lipinski definition) is 0. The van der Waals surface area contributed by atoms with Gasteiger partial charge in [-0.1, -0.05) is 18.5 Å². The first-order chi connectivity index (χ1) is 7.45. The van der Waals surface area contributed by atoms with Crippen molar-refractivity contribution in [3.63, 3.8) is 0 Å². The molecule has 0 aliphatic carbocycles. The van der Waals surface area contributed by atoms with Gasteiger partial charge in [-0.25, -0.2) is 0 Å². The fraction of sp³-hybridized carbons (Fsp3) is 0.462. The lowest BCUT2D eigenvalue weighted by atomic mass is 9.96. The van der Waals surface area contributed by atoms with Crippen LogP contribution in [0.15, 0.2) is 12.1 Å². The van der Waals surface area contributed by atoms with Gasteiger partial charge in [-0.05, 0) is 43.5 Å². The van der Waals surface area contributed by atoms with E-state index in [1.165, 1.54) is 0 Å². The summed E-state index contributed by atoms with van der Waals surface area (Å²) in [6, 6.07) is 3.79. The molecule has 0 bridgehead atoms. The van der Waals surface area contributed by atoms with E-state index in [1.807, 2.05) is 26.0 Å². The van der Waals surface area contributed by atoms with Crippen LogP contribution < -0.4 is 4.74 Å². The summed E-state index contributed by atoms with van der Waals surface area (Å²) in [6.45, 7) is 5.45. The summed E-state index contributed by atoms with van der Waals surface area (Å²) in [5.74, 6) is 0.974. The molecule has 0 aromatic heterocycles. The lowest BCUT2D eigenvalue weighted by Crippen LogP contribution is -2.10. The number of hydrogen-bond acceptors (Lipinski definition) is 2. The summed E-state index contributed by atoms with van der Waals surface area (Å²) >= 11 is 6.07. The van der Waals surface area contributed by atoms with Crippen molar-refractivity contribution < 1.29 is 9.53 Å². The molecule has 0 aliphatic rings. The smallest absolute Gasteiger partial charge is 0.132 e. The molecule has 16 heavy (non-hydrogen) atoms. The van der Waals surface area contributed by atoms with Crippen LogP contribution in [0.2, 0.25) is 5.02 Å². The Kier molecular flexibility index (Phi) is 4.36. The maximum absolute atomic E-state index is 11.2. The van der Waals surface area contributed by atoms with Gasteiger partial charge in [0.05, 0.1) is 7.11 Å². The number of Topliss-reactive ketones (excluding diaryl/α,β-unsaturated/α-hetero) is 1. The number of halogens is 1. The average Bonchev–Trinajstić information content (AvgIpc) is 2.22. The zero-order chi connectivity index (χ0) is 12.3. The Bertz CT molecular complexity index is 399. The molecule has 88 valence electrons. The Labute approximate surface area is 102 Å². The highest BCUT2D eigenvalue weighted by atomic mass is 35.5. The molecule has 1 atom stereocenters. The van der Waals surface area contributed by atoms with Gasteiger partial charge in [-0.15, -0.1) is 0 Å². The van der Waals surface area contributed by atoms with E-state index in [0.717, 1.165) is 16.9 Å². The van der Waals surface area contributed by atoms with E-state index in [2.05, 4.69) is 0 Å². The summed E-state index contributed by atoms with van der Waals surface area (Å²) in [5, 5.41) is 0.714. The van der Waals surface area contributed by atoms with Crippen LogP contribution in [0.5, 0.6) is 5.75 Å². The fourth-order valence-corrected chi connectivity index (χ4v) is 1.71. The highest BCUT2D eigenvalue weighted by Crippen LogP contribution is 2.28. The number of aryl methyl sites for hydroxylation is 1. The second-order valence-corrected chi connectivity index (χ2v) is 4.54. The van der Waals surface area contributed by atoms with Crippen LogP contribution in [0.1, 0.15) is 25.0 Å². The predicted octanol–water partition coefficient (Wildman–Crippen LogP) is 3.42. The van der Waals surface area contributed by atoms with E-state index in [1.54, 1.807) is 14.0 Å². The van der Waals surface area contributed by atoms with Gasteiger partial charge in [0.25, 0.3) is 0 Å². The van der Waals surface area contributed by atoms with Gasteiger partial charge in [0.2, 0.25) is 0 Å². The molecule has 1 unspecified atom stereocenters. The van der Waals surface area contributed by atoms with Gasteiger partial charge in [0.15, 0.2) is 0 Å². The topological polar surface area (TPSA) is 26.3 Å². The van der Waals surface area contributed by atoms with Gasteiger partial charge in [0.1, 0.15) is 11.5 Å². The van der Waals surface area contributed by atoms with Crippen LogP contribution >= 0.6 is 11.6 Å². The highest BCUT2D eigenvalue weighted by Gasteiger charge is 2.13. The minimum absolute atomic E-state index is 0.00678. The van der Waals surface area contributed by atoms with Crippen LogP contribution in [0.3, 0.4) is 0 Å². The molecule has 0 amide bonds. The minimum Gasteiger partial charge on any atom is -0.496 e. The zero-order valence-electron chi connectivity index (χ0n) is 10.1. The third-order valence-corrected chi connectivity index (χ3v) is 3.19. The number of methoxy groups -OCH3 is 1. The van der Waals surface area contributed by atoms with E-state index in [4.69, 9.17) is 16.3 Å². The summed E-state index contributed by atoms with van der Waals surface area (Å²) in [4.78, 5) is 11.2. The molecule has 0 aliphatic heterocycles. The first kappa shape index (κ1) is 13.0. The quantitative estimate of drug-likeness (QED) is 0.806. The largest absolute Gasteiger partial charge is 0.496 e. The van der Waals surface area contributed by atoms with Gasteiger partial charge in [0, 0.05) is 10.9 Å². The molecule has 0 N–H and O–H groups in total. The van der Waals surface area contributed by atoms with E-state index >= 15 is 0 Å². The fourth-order valence-electron chi connectivity index (χ4n) is 1.52. The molecule has 0 saturated carbocycles. The van der Waals surface area contributed by atoms with E-state index in [9.17, 15) is 4.79 Å². The number of rotatable bonds is 4. The van der Waals surface area contributed by atoms with Crippen molar-refractivity contribution in [2.75, 3.05) is 7.11 Å². The molecular weight excluding hydrogens is 224 g/mol. The van der Waals surface area contributed by atoms with Crippen LogP contribution in [0.25, 0.3) is 0 Å². The first-order valence-electron chi connectivity index (χ1n) is 5.29. The first-order valence-corrected chi connectivity index (χ1v) is 5.67. The summed E-state index contributed by atoms with van der Waals surface area (Å²) < 4.78 is 5.29. The zero-order valence-corrected chi connectivity index (χ0v) is 10.9. The van der Waals surface area contributed by atoms with E-state index < -0.39 is 0 Å². The van der Waals surface area contributed by atoms with Gasteiger partial charge in [-0.3, -0.25) is 4.79 Å². The maximum atomic E-state index is 11.2. The average molecular weight is 241 g/mol. The Hall–Kier alpha value is -1.02. The van der Waals surface area contributed by atoms with Gasteiger partial charge < -0.3 is 4.74 Å². The Morgan fingerprint density at radius 3 is 2.62 bits per heavy atom. The molecule has 2 nitrogen and oxygen atoms in total. The van der Waals surface area contributed by atoms with Crippen LogP contribution in [0, 0.1) is 12.8 Å². The number of benzene rings is 1. The number of carbonyl (C=O) groups excluding carboxylic acids is 1. The van der Waals surface area contributed by atoms with Gasteiger partial charge >= 0.3 is 0 Å². The maximum Gasteiger partial charge on any atom is 0.132 e. The van der Waals surface area contributed by atoms with Crippen LogP contribution in [-0.4, -0.2) is 12.9 Å². The third kappa shape index (κ3) is 2.99. The Morgan fingerprint density at radius 1 is 1.50 bits per heavy atom. The van der Waals surface area contributed by atoms with Crippen molar-refractivity contribution in [1.29, 1.82) is 0 Å². The molecule has 3 heteroatoms. The molecule has 1 aromatic rings. The summed E-state index contributed by atoms with van der Waals surface area (Å²) in [6.07, 6.45) is 0.665. The van der Waals surface area contributed by atoms with Gasteiger partial charge in [-0.2, -0.15) is 0 Å². The Balaban J connectivity index is 3.03. The van der Waals surface area contributed by atoms with Crippen LogP contribution in [0.4, 0.5) is 0 Å². The SMILES string of the molecule is COc1cc(C)c(Cl)cc1CC(C)C(C)=O. The third-order valence-electron chi connectivity index (χ3n) is 2.78. The number of carbonyl (C=O) groups is 1. The molecule has 0 radical (unpaired) electrons. The minimum atomic E-state index is -0.00678. The van der Waals surface area contributed by atoms with Crippen molar-refractivity contribution in [2.24, 2.45) is 5.92 Å². The lowest BCUT2D eigenvalue weighted by Gasteiger charge is -2.13. The molecule has 0 fully saturated rings. The Morgan fingerprint density at radius 2 is 2.12 bits per heavy atom. The molecule has 0 heterocycles. The molecule has 1 rings (SSSR count). The molecular formula is C13H17ClO2. The predicted molar refractivity (Wildman–Crippen MR) is 66.3 cm³/mol. The van der Waals surface area contributed by atoms with Crippen molar-refractivity contribution in [3.05, 3.63) is 28.3 Å². The van der Waals surface area contributed by atoms with Crippen molar-refractivity contribution in [3.8, 4) is 5.75 Å². The second kappa shape index (κ2) is 5.35. The van der Waals surface area contributed by atoms with Crippen molar-refractivity contribution in [1.82, 2.24) is 0 Å². The monoisotopic (exact) mass is 240 g/mol. The summed E-state index contributed by atoms with van der Waals surface area (Å²) in [5.41, 5.74) is 1.97. The van der Waals surface area contributed by atoms with Crippen LogP contribution in [-0.2, 0) is 11.2 Å². The normalized spacial score (nSPS) is 12.3. The molecule has 1 aromatic carbocycles. The van der Waals surface area contributed by atoms with Crippen molar-refractivity contribution in [2.45, 2.75) is 27.2 Å².